The van der Waals surface area contributed by atoms with E-state index in [1.807, 2.05) is 36.4 Å². The molecule has 0 fully saturated rings. The number of aryl methyl sites for hydroxylation is 2. The second kappa shape index (κ2) is 15.2. The quantitative estimate of drug-likeness (QED) is 0.109. The molecule has 0 bridgehead atoms. The minimum absolute atomic E-state index is 0.0606. The van der Waals surface area contributed by atoms with Crippen LogP contribution in [0, 0.1) is 12.3 Å². The Morgan fingerprint density at radius 1 is 1.08 bits per heavy atom. The number of aromatic amines is 1. The Bertz CT molecular complexity index is 1280. The Morgan fingerprint density at radius 3 is 2.43 bits per heavy atom. The van der Waals surface area contributed by atoms with E-state index in [0.29, 0.717) is 12.3 Å². The number of unbranched alkanes of at least 4 members (excludes halogenated alkanes) is 2. The zero-order valence-corrected chi connectivity index (χ0v) is 21.6. The average Bonchev–Trinajstić information content (AvgIpc) is 2.86. The fraction of sp³-hybridized carbons (Fsp3) is 0.333. The first kappa shape index (κ1) is 29.2. The minimum atomic E-state index is -0.272. The number of aromatic nitrogens is 2. The van der Waals surface area contributed by atoms with Crippen molar-refractivity contribution in [3.8, 4) is 0 Å². The van der Waals surface area contributed by atoms with Crippen molar-refractivity contribution in [2.75, 3.05) is 5.43 Å². The third kappa shape index (κ3) is 9.86. The topological polar surface area (TPSA) is 155 Å². The lowest BCUT2D eigenvalue weighted by Gasteiger charge is -2.12. The first-order chi connectivity index (χ1) is 17.7. The van der Waals surface area contributed by atoms with E-state index in [1.54, 1.807) is 25.1 Å². The summed E-state index contributed by atoms with van der Waals surface area (Å²) in [5, 5.41) is 7.17. The molecule has 0 saturated carbocycles. The second-order valence-electron chi connectivity index (χ2n) is 8.58. The molecule has 3 rings (SSSR count). The van der Waals surface area contributed by atoms with Gasteiger partial charge in [0.2, 0.25) is 0 Å². The number of nitrogens with two attached hydrogens (primary N) is 1. The summed E-state index contributed by atoms with van der Waals surface area (Å²) in [4.78, 5) is 42.9. The number of Topliss-reactive ketones (excluding diaryl/α,β-unsaturated/α-hetero) is 1. The van der Waals surface area contributed by atoms with E-state index in [4.69, 9.17) is 16.0 Å². The number of rotatable bonds is 12. The number of anilines is 1. The van der Waals surface area contributed by atoms with Crippen LogP contribution in [0.25, 0.3) is 0 Å². The molecule has 0 atom stereocenters. The van der Waals surface area contributed by atoms with E-state index in [0.717, 1.165) is 42.6 Å². The van der Waals surface area contributed by atoms with Crippen LogP contribution in [0.2, 0.25) is 0 Å². The molecular weight excluding hydrogens is 472 g/mol. The van der Waals surface area contributed by atoms with Crippen molar-refractivity contribution in [2.24, 2.45) is 5.73 Å². The number of carbonyl (C=O) groups is 1. The predicted molar refractivity (Wildman–Crippen MR) is 145 cm³/mol. The van der Waals surface area contributed by atoms with E-state index < -0.39 is 0 Å². The summed E-state index contributed by atoms with van der Waals surface area (Å²) in [7, 11) is 0. The molecule has 0 aliphatic rings. The minimum Gasteiger partial charge on any atom is -0.384 e. The van der Waals surface area contributed by atoms with Crippen molar-refractivity contribution in [2.45, 2.75) is 59.6 Å². The summed E-state index contributed by atoms with van der Waals surface area (Å²) in [5.41, 5.74) is 13.2. The summed E-state index contributed by atoms with van der Waals surface area (Å²) < 4.78 is 1.42. The fourth-order valence-electron chi connectivity index (χ4n) is 3.41. The van der Waals surface area contributed by atoms with Gasteiger partial charge in [0.25, 0.3) is 11.1 Å². The van der Waals surface area contributed by atoms with Crippen LogP contribution >= 0.6 is 0 Å². The van der Waals surface area contributed by atoms with Crippen molar-refractivity contribution in [3.63, 3.8) is 0 Å². The molecule has 0 amide bonds. The average molecular weight is 509 g/mol. The number of H-pyrrole nitrogens is 1. The smallest absolute Gasteiger partial charge is 0.275 e. The Balaban J connectivity index is 0.000000281. The summed E-state index contributed by atoms with van der Waals surface area (Å²) in [5.74, 6) is -0.257. The largest absolute Gasteiger partial charge is 0.384 e. The van der Waals surface area contributed by atoms with Gasteiger partial charge in [-0.2, -0.15) is 0 Å². The zero-order chi connectivity index (χ0) is 27.2. The van der Waals surface area contributed by atoms with Crippen LogP contribution in [0.1, 0.15) is 55.6 Å². The second-order valence-corrected chi connectivity index (χ2v) is 8.58. The van der Waals surface area contributed by atoms with Crippen molar-refractivity contribution in [3.05, 3.63) is 97.8 Å². The Kier molecular flexibility index (Phi) is 12.0. The van der Waals surface area contributed by atoms with Crippen LogP contribution in [0.15, 0.2) is 64.2 Å². The van der Waals surface area contributed by atoms with Crippen molar-refractivity contribution in [1.82, 2.24) is 15.1 Å². The number of hydrogen-bond acceptors (Lipinski definition) is 7. The monoisotopic (exact) mass is 508 g/mol. The molecule has 2 heterocycles. The molecule has 3 aromatic rings. The number of nitrogen functional groups attached to an aromatic ring is 1. The maximum atomic E-state index is 12.2. The van der Waals surface area contributed by atoms with Gasteiger partial charge in [-0.05, 0) is 56.5 Å². The Hall–Kier alpha value is -4.02. The molecule has 1 aromatic carbocycles. The van der Waals surface area contributed by atoms with Crippen molar-refractivity contribution >= 4 is 17.3 Å². The Labute approximate surface area is 216 Å². The van der Waals surface area contributed by atoms with E-state index in [2.05, 4.69) is 22.9 Å². The van der Waals surface area contributed by atoms with Crippen molar-refractivity contribution in [1.29, 1.82) is 5.41 Å². The third-order valence-electron chi connectivity index (χ3n) is 5.42. The van der Waals surface area contributed by atoms with Gasteiger partial charge in [0.15, 0.2) is 0 Å². The maximum Gasteiger partial charge on any atom is 0.275 e. The molecule has 0 aliphatic carbocycles. The van der Waals surface area contributed by atoms with Crippen LogP contribution in [0.4, 0.5) is 5.69 Å². The summed E-state index contributed by atoms with van der Waals surface area (Å²) in [6.07, 6.45) is 4.28. The first-order valence-electron chi connectivity index (χ1n) is 12.2. The molecule has 198 valence electrons. The Morgan fingerprint density at radius 2 is 1.81 bits per heavy atom. The first-order valence-corrected chi connectivity index (χ1v) is 12.2. The van der Waals surface area contributed by atoms with Crippen LogP contribution in [-0.2, 0) is 29.2 Å². The van der Waals surface area contributed by atoms with Gasteiger partial charge in [0.05, 0.1) is 18.7 Å². The number of benzene rings is 1. The van der Waals surface area contributed by atoms with Gasteiger partial charge < -0.3 is 15.3 Å². The number of nitrogens with one attached hydrogen (secondary N) is 4. The molecule has 0 saturated heterocycles. The van der Waals surface area contributed by atoms with Crippen molar-refractivity contribution < 1.29 is 9.63 Å². The molecule has 37 heavy (non-hydrogen) atoms. The highest BCUT2D eigenvalue weighted by Crippen LogP contribution is 2.04. The standard InChI is InChI=1S/C16H19N3O3.C11H17N3O/c1-12-8-9-15(16(21)19(12)10-13(2)20)17-18-22-11-14-6-4-3-5-7-14;1-2-3-4-5-8-6-7-9(10(12)13)11(15)14-8/h3-9,17-18H,10-11H2,1-2H3;6-7H,2-5H2,1H3,(H3,12,13)(H,14,15). The maximum absolute atomic E-state index is 12.2. The van der Waals surface area contributed by atoms with Gasteiger partial charge in [-0.1, -0.05) is 50.1 Å². The van der Waals surface area contributed by atoms with E-state index >= 15 is 0 Å². The number of nitrogens with zero attached hydrogens (tertiary/aromatic N) is 1. The molecule has 0 spiro atoms. The van der Waals surface area contributed by atoms with E-state index in [9.17, 15) is 14.4 Å². The van der Waals surface area contributed by atoms with Gasteiger partial charge in [-0.25, -0.2) is 0 Å². The lowest BCUT2D eigenvalue weighted by Crippen LogP contribution is -2.31. The van der Waals surface area contributed by atoms with Gasteiger partial charge in [-0.3, -0.25) is 30.1 Å². The SMILES string of the molecule is CC(=O)Cn1c(C)ccc(NNOCc2ccccc2)c1=O.CCCCCc1ccc(C(=N)N)c(=O)[nH]1. The van der Waals surface area contributed by atoms with Crippen LogP contribution in [0.5, 0.6) is 0 Å². The number of hydrazine groups is 1. The number of carbonyl (C=O) groups excluding carboxylic acids is 1. The van der Waals surface area contributed by atoms with Crippen LogP contribution in [-0.4, -0.2) is 21.2 Å². The number of hydrogen-bond donors (Lipinski definition) is 5. The summed E-state index contributed by atoms with van der Waals surface area (Å²) in [6, 6.07) is 16.5. The molecular formula is C27H36N6O4. The molecule has 10 heteroatoms. The zero-order valence-electron chi connectivity index (χ0n) is 21.6. The van der Waals surface area contributed by atoms with E-state index in [1.165, 1.54) is 11.5 Å². The highest BCUT2D eigenvalue weighted by atomic mass is 16.7. The normalized spacial score (nSPS) is 10.4. The fourth-order valence-corrected chi connectivity index (χ4v) is 3.41. The van der Waals surface area contributed by atoms with Gasteiger partial charge >= 0.3 is 0 Å². The van der Waals surface area contributed by atoms with E-state index in [-0.39, 0.29) is 34.8 Å². The molecule has 10 nitrogen and oxygen atoms in total. The predicted octanol–water partition coefficient (Wildman–Crippen LogP) is 3.19. The molecule has 0 aliphatic heterocycles. The van der Waals surface area contributed by atoms with Crippen LogP contribution < -0.4 is 27.9 Å². The molecule has 2 aromatic heterocycles. The number of pyridine rings is 2. The lowest BCUT2D eigenvalue weighted by atomic mass is 10.1. The highest BCUT2D eigenvalue weighted by molar-refractivity contribution is 5.94. The summed E-state index contributed by atoms with van der Waals surface area (Å²) in [6.45, 7) is 5.80. The lowest BCUT2D eigenvalue weighted by molar-refractivity contribution is -0.117. The third-order valence-corrected chi connectivity index (χ3v) is 5.42. The molecule has 0 unspecified atom stereocenters. The van der Waals surface area contributed by atoms with Gasteiger partial charge in [0.1, 0.15) is 17.3 Å². The molecule has 6 N–H and O–H groups in total. The van der Waals surface area contributed by atoms with Gasteiger partial charge in [0, 0.05) is 11.4 Å². The van der Waals surface area contributed by atoms with Crippen LogP contribution in [0.3, 0.4) is 0 Å². The summed E-state index contributed by atoms with van der Waals surface area (Å²) >= 11 is 0. The number of ketones is 1. The van der Waals surface area contributed by atoms with Gasteiger partial charge in [-0.15, -0.1) is 5.59 Å². The number of amidine groups is 1. The highest BCUT2D eigenvalue weighted by Gasteiger charge is 2.08. The molecule has 0 radical (unpaired) electrons.